The van der Waals surface area contributed by atoms with Crippen molar-refractivity contribution in [1.29, 1.82) is 0 Å². The molecule has 8 heteroatoms. The molecule has 6 nitrogen and oxygen atoms in total. The number of anilines is 1. The van der Waals surface area contributed by atoms with Crippen molar-refractivity contribution in [2.75, 3.05) is 18.4 Å². The average Bonchev–Trinajstić information content (AvgIpc) is 3.16. The van der Waals surface area contributed by atoms with Gasteiger partial charge in [-0.3, -0.25) is 0 Å². The van der Waals surface area contributed by atoms with Crippen LogP contribution in [0.2, 0.25) is 5.02 Å². The Labute approximate surface area is 155 Å². The van der Waals surface area contributed by atoms with E-state index in [0.29, 0.717) is 47.0 Å². The third kappa shape index (κ3) is 3.31. The first-order chi connectivity index (χ1) is 12.5. The molecule has 2 fully saturated rings. The van der Waals surface area contributed by atoms with Crippen molar-refractivity contribution in [3.05, 3.63) is 41.4 Å². The Morgan fingerprint density at radius 2 is 1.88 bits per heavy atom. The van der Waals surface area contributed by atoms with Gasteiger partial charge in [-0.1, -0.05) is 11.6 Å². The molecule has 1 saturated carbocycles. The first-order valence-electron chi connectivity index (χ1n) is 8.51. The molecule has 4 rings (SSSR count). The predicted molar refractivity (Wildman–Crippen MR) is 95.7 cm³/mol. The smallest absolute Gasteiger partial charge is 0.407 e. The molecule has 2 heterocycles. The number of likely N-dealkylation sites (tertiary alicyclic amines) is 1. The first kappa shape index (κ1) is 17.0. The Kier molecular flexibility index (Phi) is 4.40. The molecule has 1 saturated heterocycles. The number of fused-ring (bicyclic) bond motifs is 1. The molecule has 1 amide bonds. The molecular formula is C18H18ClFN4O2. The maximum Gasteiger partial charge on any atom is 0.407 e. The number of carbonyl (C=O) groups is 1. The SMILES string of the molecule is O=C(O)N1C[C@H]2CC(Nc3ncc(-c4cc(F)ccc4Cl)cn3)C[C@H]2C1. The molecule has 2 aliphatic rings. The average molecular weight is 377 g/mol. The Bertz CT molecular complexity index is 818. The lowest BCUT2D eigenvalue weighted by atomic mass is 10.0. The Morgan fingerprint density at radius 1 is 1.23 bits per heavy atom. The van der Waals surface area contributed by atoms with E-state index in [1.165, 1.54) is 23.1 Å². The highest BCUT2D eigenvalue weighted by Gasteiger charge is 2.42. The molecule has 2 N–H and O–H groups in total. The molecule has 0 radical (unpaired) electrons. The summed E-state index contributed by atoms with van der Waals surface area (Å²) in [7, 11) is 0. The fourth-order valence-electron chi connectivity index (χ4n) is 4.02. The van der Waals surface area contributed by atoms with E-state index >= 15 is 0 Å². The van der Waals surface area contributed by atoms with Gasteiger partial charge in [-0.25, -0.2) is 19.2 Å². The summed E-state index contributed by atoms with van der Waals surface area (Å²) in [6.45, 7) is 1.21. The van der Waals surface area contributed by atoms with Crippen LogP contribution in [0, 0.1) is 17.7 Å². The maximum absolute atomic E-state index is 13.4. The van der Waals surface area contributed by atoms with Crippen LogP contribution < -0.4 is 5.32 Å². The van der Waals surface area contributed by atoms with Crippen LogP contribution in [0.4, 0.5) is 15.1 Å². The molecule has 1 aromatic heterocycles. The van der Waals surface area contributed by atoms with E-state index in [1.54, 1.807) is 12.4 Å². The van der Waals surface area contributed by atoms with Crippen LogP contribution in [-0.4, -0.2) is 45.2 Å². The van der Waals surface area contributed by atoms with Gasteiger partial charge in [0.05, 0.1) is 0 Å². The third-order valence-corrected chi connectivity index (χ3v) is 5.58. The fourth-order valence-corrected chi connectivity index (χ4v) is 4.24. The molecule has 3 atom stereocenters. The van der Waals surface area contributed by atoms with Crippen molar-refractivity contribution in [1.82, 2.24) is 14.9 Å². The second-order valence-corrected chi connectivity index (χ2v) is 7.35. The number of amides is 1. The zero-order valence-corrected chi connectivity index (χ0v) is 14.7. The Balaban J connectivity index is 1.40. The van der Waals surface area contributed by atoms with Gasteiger partial charge in [0.1, 0.15) is 5.82 Å². The Morgan fingerprint density at radius 3 is 2.50 bits per heavy atom. The lowest BCUT2D eigenvalue weighted by molar-refractivity contribution is 0.152. The largest absolute Gasteiger partial charge is 0.465 e. The molecule has 2 aromatic rings. The van der Waals surface area contributed by atoms with Crippen LogP contribution in [0.15, 0.2) is 30.6 Å². The highest BCUT2D eigenvalue weighted by atomic mass is 35.5. The van der Waals surface area contributed by atoms with Gasteiger partial charge in [0.2, 0.25) is 5.95 Å². The topological polar surface area (TPSA) is 78.4 Å². The van der Waals surface area contributed by atoms with E-state index in [0.717, 1.165) is 12.8 Å². The second kappa shape index (κ2) is 6.72. The van der Waals surface area contributed by atoms with E-state index in [1.807, 2.05) is 0 Å². The number of halogens is 2. The number of nitrogens with zero attached hydrogens (tertiary/aromatic N) is 3. The summed E-state index contributed by atoms with van der Waals surface area (Å²) in [4.78, 5) is 21.2. The van der Waals surface area contributed by atoms with Gasteiger partial charge in [-0.15, -0.1) is 0 Å². The van der Waals surface area contributed by atoms with Gasteiger partial charge in [0.25, 0.3) is 0 Å². The zero-order valence-electron chi connectivity index (χ0n) is 13.9. The number of benzene rings is 1. The van der Waals surface area contributed by atoms with Gasteiger partial charge in [-0.05, 0) is 42.9 Å². The normalized spacial score (nSPS) is 24.5. The lowest BCUT2D eigenvalue weighted by Gasteiger charge is -2.17. The summed E-state index contributed by atoms with van der Waals surface area (Å²) in [5, 5.41) is 12.9. The van der Waals surface area contributed by atoms with E-state index in [4.69, 9.17) is 16.7 Å². The molecule has 136 valence electrons. The van der Waals surface area contributed by atoms with Crippen molar-refractivity contribution in [3.63, 3.8) is 0 Å². The van der Waals surface area contributed by atoms with Crippen molar-refractivity contribution >= 4 is 23.6 Å². The molecule has 1 aliphatic carbocycles. The van der Waals surface area contributed by atoms with Crippen molar-refractivity contribution in [2.45, 2.75) is 18.9 Å². The van der Waals surface area contributed by atoms with Crippen molar-refractivity contribution in [3.8, 4) is 11.1 Å². The summed E-state index contributed by atoms with van der Waals surface area (Å²) in [6, 6.07) is 4.42. The molecular weight excluding hydrogens is 359 g/mol. The van der Waals surface area contributed by atoms with Gasteiger partial charge in [0, 0.05) is 47.7 Å². The number of carboxylic acid groups (broad SMARTS) is 1. The van der Waals surface area contributed by atoms with E-state index < -0.39 is 6.09 Å². The minimum Gasteiger partial charge on any atom is -0.465 e. The minimum atomic E-state index is -0.834. The summed E-state index contributed by atoms with van der Waals surface area (Å²) in [5.74, 6) is 0.948. The molecule has 0 spiro atoms. The van der Waals surface area contributed by atoms with Crippen LogP contribution in [0.5, 0.6) is 0 Å². The van der Waals surface area contributed by atoms with Gasteiger partial charge in [-0.2, -0.15) is 0 Å². The molecule has 26 heavy (non-hydrogen) atoms. The quantitative estimate of drug-likeness (QED) is 0.853. The maximum atomic E-state index is 13.4. The fraction of sp³-hybridized carbons (Fsp3) is 0.389. The van der Waals surface area contributed by atoms with Crippen molar-refractivity contribution in [2.24, 2.45) is 11.8 Å². The number of hydrogen-bond donors (Lipinski definition) is 2. The number of aromatic nitrogens is 2. The summed E-state index contributed by atoms with van der Waals surface area (Å²) >= 11 is 6.11. The van der Waals surface area contributed by atoms with E-state index in [-0.39, 0.29) is 11.9 Å². The number of rotatable bonds is 3. The highest BCUT2D eigenvalue weighted by Crippen LogP contribution is 2.39. The Hall–Kier alpha value is -2.41. The standard InChI is InChI=1S/C18H18ClFN4O2/c19-16-2-1-13(20)5-15(16)12-6-21-17(22-7-12)23-14-3-10-8-24(18(25)26)9-11(10)4-14/h1-2,5-7,10-11,14H,3-4,8-9H2,(H,25,26)(H,21,22,23)/t10-,11+,14?. The van der Waals surface area contributed by atoms with Crippen molar-refractivity contribution < 1.29 is 14.3 Å². The van der Waals surface area contributed by atoms with E-state index in [9.17, 15) is 9.18 Å². The highest BCUT2D eigenvalue weighted by molar-refractivity contribution is 6.33. The predicted octanol–water partition coefficient (Wildman–Crippen LogP) is 3.74. The van der Waals surface area contributed by atoms with Crippen LogP contribution >= 0.6 is 11.6 Å². The molecule has 1 unspecified atom stereocenters. The van der Waals surface area contributed by atoms with Gasteiger partial charge < -0.3 is 15.3 Å². The zero-order chi connectivity index (χ0) is 18.3. The second-order valence-electron chi connectivity index (χ2n) is 6.94. The van der Waals surface area contributed by atoms with Gasteiger partial charge >= 0.3 is 6.09 Å². The summed E-state index contributed by atoms with van der Waals surface area (Å²) in [5.41, 5.74) is 1.21. The molecule has 1 aromatic carbocycles. The van der Waals surface area contributed by atoms with Crippen LogP contribution in [0.3, 0.4) is 0 Å². The minimum absolute atomic E-state index is 0.240. The van der Waals surface area contributed by atoms with Crippen LogP contribution in [-0.2, 0) is 0 Å². The van der Waals surface area contributed by atoms with Crippen LogP contribution in [0.1, 0.15) is 12.8 Å². The lowest BCUT2D eigenvalue weighted by Crippen LogP contribution is -2.29. The third-order valence-electron chi connectivity index (χ3n) is 5.25. The molecule has 0 bridgehead atoms. The molecule has 1 aliphatic heterocycles. The van der Waals surface area contributed by atoms with Crippen LogP contribution in [0.25, 0.3) is 11.1 Å². The number of nitrogens with one attached hydrogen (secondary N) is 1. The summed E-state index contributed by atoms with van der Waals surface area (Å²) in [6.07, 6.45) is 4.24. The summed E-state index contributed by atoms with van der Waals surface area (Å²) < 4.78 is 13.4. The number of hydrogen-bond acceptors (Lipinski definition) is 4. The van der Waals surface area contributed by atoms with Gasteiger partial charge in [0.15, 0.2) is 0 Å². The first-order valence-corrected chi connectivity index (χ1v) is 8.89. The van der Waals surface area contributed by atoms with E-state index in [2.05, 4.69) is 15.3 Å². The monoisotopic (exact) mass is 376 g/mol.